The summed E-state index contributed by atoms with van der Waals surface area (Å²) < 4.78 is 0. The molecule has 1 heterocycles. The topological polar surface area (TPSA) is 50.4 Å². The van der Waals surface area contributed by atoms with Crippen molar-refractivity contribution in [3.8, 4) is 0 Å². The maximum Gasteiger partial charge on any atom is 0.196 e. The van der Waals surface area contributed by atoms with E-state index >= 15 is 0 Å². The molecule has 0 aromatic rings. The molecule has 0 saturated heterocycles. The molecule has 3 N–H and O–H groups in total. The molecular weight excluding hydrogens is 161 g/mol. The van der Waals surface area contributed by atoms with Crippen molar-refractivity contribution in [2.24, 2.45) is 10.7 Å². The van der Waals surface area contributed by atoms with Crippen molar-refractivity contribution in [2.45, 2.75) is 5.62 Å². The number of alkyl halides is 1. The van der Waals surface area contributed by atoms with Crippen LogP contribution in [0.3, 0.4) is 0 Å². The molecular formula is C4H5Cl2N3. The maximum absolute atomic E-state index is 5.53. The van der Waals surface area contributed by atoms with Gasteiger partial charge in [0.25, 0.3) is 0 Å². The van der Waals surface area contributed by atoms with Gasteiger partial charge in [-0.15, -0.1) is 0 Å². The lowest BCUT2D eigenvalue weighted by molar-refractivity contribution is 0.781. The zero-order valence-corrected chi connectivity index (χ0v) is 5.95. The third kappa shape index (κ3) is 1.50. The van der Waals surface area contributed by atoms with Crippen LogP contribution < -0.4 is 11.1 Å². The Labute approximate surface area is 62.5 Å². The van der Waals surface area contributed by atoms with E-state index in [2.05, 4.69) is 10.3 Å². The summed E-state index contributed by atoms with van der Waals surface area (Å²) in [4.78, 5) is 3.72. The molecule has 1 rings (SSSR count). The maximum atomic E-state index is 5.53. The molecule has 5 heteroatoms. The lowest BCUT2D eigenvalue weighted by Gasteiger charge is -2.12. The Morgan fingerprint density at radius 2 is 2.44 bits per heavy atom. The van der Waals surface area contributed by atoms with E-state index < -0.39 is 5.62 Å². The van der Waals surface area contributed by atoms with Gasteiger partial charge >= 0.3 is 0 Å². The first-order valence-corrected chi connectivity index (χ1v) is 3.10. The number of hydrogen-bond acceptors (Lipinski definition) is 3. The molecule has 1 aliphatic heterocycles. The third-order valence-electron chi connectivity index (χ3n) is 0.844. The standard InChI is InChI=1S/C4H5Cl2N3/c5-3-2(7)1-8-4(6)9-3/h1,4,9H,7H2. The van der Waals surface area contributed by atoms with Gasteiger partial charge in [0.2, 0.25) is 0 Å². The molecule has 0 spiro atoms. The van der Waals surface area contributed by atoms with Crippen LogP contribution in [0.5, 0.6) is 0 Å². The van der Waals surface area contributed by atoms with Crippen molar-refractivity contribution in [2.75, 3.05) is 0 Å². The van der Waals surface area contributed by atoms with Crippen LogP contribution in [-0.2, 0) is 0 Å². The van der Waals surface area contributed by atoms with Crippen molar-refractivity contribution in [3.63, 3.8) is 0 Å². The molecule has 0 aliphatic carbocycles. The van der Waals surface area contributed by atoms with Crippen molar-refractivity contribution in [1.82, 2.24) is 5.32 Å². The molecule has 0 radical (unpaired) electrons. The Morgan fingerprint density at radius 1 is 1.78 bits per heavy atom. The van der Waals surface area contributed by atoms with E-state index in [4.69, 9.17) is 28.9 Å². The van der Waals surface area contributed by atoms with Crippen LogP contribution in [0.15, 0.2) is 15.8 Å². The monoisotopic (exact) mass is 165 g/mol. The normalized spacial score (nSPS) is 26.2. The van der Waals surface area contributed by atoms with Gasteiger partial charge in [-0.2, -0.15) is 0 Å². The number of halogens is 2. The fraction of sp³-hybridized carbons (Fsp3) is 0.250. The average Bonchev–Trinajstić information content (AvgIpc) is 1.80. The highest BCUT2D eigenvalue weighted by molar-refractivity contribution is 6.32. The number of rotatable bonds is 0. The van der Waals surface area contributed by atoms with Crippen molar-refractivity contribution in [1.29, 1.82) is 0 Å². The van der Waals surface area contributed by atoms with E-state index in [1.54, 1.807) is 0 Å². The summed E-state index contributed by atoms with van der Waals surface area (Å²) >= 11 is 11.0. The average molecular weight is 166 g/mol. The third-order valence-corrected chi connectivity index (χ3v) is 1.39. The molecule has 0 fully saturated rings. The number of nitrogens with one attached hydrogen (secondary N) is 1. The number of nitrogens with two attached hydrogens (primary N) is 1. The quantitative estimate of drug-likeness (QED) is 0.407. The summed E-state index contributed by atoms with van der Waals surface area (Å²) in [6, 6.07) is 0. The minimum Gasteiger partial charge on any atom is -0.395 e. The van der Waals surface area contributed by atoms with Crippen LogP contribution in [-0.4, -0.2) is 11.8 Å². The molecule has 1 atom stereocenters. The van der Waals surface area contributed by atoms with Crippen LogP contribution >= 0.6 is 23.2 Å². The minimum atomic E-state index is -0.482. The predicted octanol–water partition coefficient (Wildman–Crippen LogP) is 0.549. The van der Waals surface area contributed by atoms with E-state index in [-0.39, 0.29) is 0 Å². The Bertz CT molecular complexity index is 175. The van der Waals surface area contributed by atoms with Crippen LogP contribution in [0.4, 0.5) is 0 Å². The Hall–Kier alpha value is -0.410. The van der Waals surface area contributed by atoms with E-state index in [1.807, 2.05) is 0 Å². The molecule has 1 unspecified atom stereocenters. The highest BCUT2D eigenvalue weighted by Gasteiger charge is 2.08. The highest BCUT2D eigenvalue weighted by atomic mass is 35.5. The first kappa shape index (κ1) is 6.71. The Balaban J connectivity index is 2.75. The van der Waals surface area contributed by atoms with Gasteiger partial charge in [-0.05, 0) is 0 Å². The molecule has 3 nitrogen and oxygen atoms in total. The zero-order chi connectivity index (χ0) is 6.85. The number of aliphatic imine (C=N–C) groups is 1. The predicted molar refractivity (Wildman–Crippen MR) is 38.3 cm³/mol. The molecule has 0 bridgehead atoms. The molecule has 0 amide bonds. The summed E-state index contributed by atoms with van der Waals surface area (Å²) in [7, 11) is 0. The van der Waals surface area contributed by atoms with Gasteiger partial charge < -0.3 is 11.1 Å². The molecule has 0 aromatic heterocycles. The summed E-state index contributed by atoms with van der Waals surface area (Å²) in [6.07, 6.45) is 1.43. The zero-order valence-electron chi connectivity index (χ0n) is 4.44. The summed E-state index contributed by atoms with van der Waals surface area (Å²) in [5.74, 6) is 0. The molecule has 1 aliphatic rings. The van der Waals surface area contributed by atoms with E-state index in [9.17, 15) is 0 Å². The van der Waals surface area contributed by atoms with Gasteiger partial charge in [0.15, 0.2) is 5.62 Å². The first-order valence-electron chi connectivity index (χ1n) is 2.29. The molecule has 0 saturated carbocycles. The van der Waals surface area contributed by atoms with Gasteiger partial charge in [0.1, 0.15) is 5.16 Å². The van der Waals surface area contributed by atoms with Gasteiger partial charge in [-0.25, -0.2) is 0 Å². The van der Waals surface area contributed by atoms with Crippen LogP contribution in [0, 0.1) is 0 Å². The molecule has 50 valence electrons. The smallest absolute Gasteiger partial charge is 0.196 e. The largest absolute Gasteiger partial charge is 0.395 e. The fourth-order valence-electron chi connectivity index (χ4n) is 0.428. The van der Waals surface area contributed by atoms with Crippen molar-refractivity contribution in [3.05, 3.63) is 10.9 Å². The van der Waals surface area contributed by atoms with Crippen LogP contribution in [0.1, 0.15) is 0 Å². The second-order valence-electron chi connectivity index (χ2n) is 1.53. The fourth-order valence-corrected chi connectivity index (χ4v) is 0.801. The molecule has 0 aromatic carbocycles. The van der Waals surface area contributed by atoms with E-state index in [0.717, 1.165) is 0 Å². The van der Waals surface area contributed by atoms with Crippen molar-refractivity contribution >= 4 is 29.4 Å². The lowest BCUT2D eigenvalue weighted by atomic mass is 10.5. The van der Waals surface area contributed by atoms with Gasteiger partial charge in [0, 0.05) is 0 Å². The molecule has 9 heavy (non-hydrogen) atoms. The minimum absolute atomic E-state index is 0.352. The number of nitrogens with zero attached hydrogens (tertiary/aromatic N) is 1. The van der Waals surface area contributed by atoms with Crippen molar-refractivity contribution < 1.29 is 0 Å². The highest BCUT2D eigenvalue weighted by Crippen LogP contribution is 2.08. The van der Waals surface area contributed by atoms with E-state index in [1.165, 1.54) is 6.21 Å². The van der Waals surface area contributed by atoms with Crippen LogP contribution in [0.2, 0.25) is 0 Å². The van der Waals surface area contributed by atoms with E-state index in [0.29, 0.717) is 10.9 Å². The number of allylic oxidation sites excluding steroid dienone is 1. The van der Waals surface area contributed by atoms with Gasteiger partial charge in [-0.3, -0.25) is 4.99 Å². The van der Waals surface area contributed by atoms with Crippen LogP contribution in [0.25, 0.3) is 0 Å². The van der Waals surface area contributed by atoms with Gasteiger partial charge in [0.05, 0.1) is 11.9 Å². The second-order valence-corrected chi connectivity index (χ2v) is 2.32. The SMILES string of the molecule is NC1=C(Cl)NC(Cl)N=C1. The Kier molecular flexibility index (Phi) is 1.83. The first-order chi connectivity index (χ1) is 4.20. The lowest BCUT2D eigenvalue weighted by Crippen LogP contribution is -2.26. The Morgan fingerprint density at radius 3 is 2.89 bits per heavy atom. The summed E-state index contributed by atoms with van der Waals surface area (Å²) in [5, 5.41) is 2.97. The summed E-state index contributed by atoms with van der Waals surface area (Å²) in [5.41, 5.74) is 5.25. The second kappa shape index (κ2) is 2.45. The summed E-state index contributed by atoms with van der Waals surface area (Å²) in [6.45, 7) is 0. The number of hydrogen-bond donors (Lipinski definition) is 2. The van der Waals surface area contributed by atoms with Gasteiger partial charge in [-0.1, -0.05) is 23.2 Å².